The van der Waals surface area contributed by atoms with Crippen molar-refractivity contribution in [3.8, 4) is 0 Å². The molecule has 4 heteroatoms. The van der Waals surface area contributed by atoms with Gasteiger partial charge in [0.05, 0.1) is 5.69 Å². The van der Waals surface area contributed by atoms with Gasteiger partial charge < -0.3 is 4.57 Å². The molecule has 0 unspecified atom stereocenters. The van der Waals surface area contributed by atoms with Gasteiger partial charge in [-0.05, 0) is 24.3 Å². The van der Waals surface area contributed by atoms with Gasteiger partial charge in [0.1, 0.15) is 5.15 Å². The number of halogens is 1. The fraction of sp³-hybridized carbons (Fsp3) is 0. The highest BCUT2D eigenvalue weighted by molar-refractivity contribution is 6.29. The standard InChI is InChI=1S/C12H9ClN2O/c1-2-15-7-3-4-10(15)12(16)9-5-6-14-11(13)8-9/h2-8H,1H2. The summed E-state index contributed by atoms with van der Waals surface area (Å²) in [6, 6.07) is 6.70. The summed E-state index contributed by atoms with van der Waals surface area (Å²) < 4.78 is 1.66. The molecule has 2 aromatic rings. The maximum Gasteiger partial charge on any atom is 0.209 e. The molecular weight excluding hydrogens is 224 g/mol. The van der Waals surface area contributed by atoms with E-state index in [1.807, 2.05) is 0 Å². The van der Waals surface area contributed by atoms with E-state index in [0.29, 0.717) is 16.4 Å². The molecule has 0 amide bonds. The Kier molecular flexibility index (Phi) is 2.88. The van der Waals surface area contributed by atoms with Crippen LogP contribution in [-0.4, -0.2) is 15.3 Å². The van der Waals surface area contributed by atoms with Crippen LogP contribution in [0.15, 0.2) is 43.2 Å². The van der Waals surface area contributed by atoms with Crippen LogP contribution in [0.2, 0.25) is 5.15 Å². The maximum absolute atomic E-state index is 12.1. The molecule has 0 atom stereocenters. The van der Waals surface area contributed by atoms with Crippen LogP contribution in [0.5, 0.6) is 0 Å². The van der Waals surface area contributed by atoms with E-state index in [0.717, 1.165) is 0 Å². The van der Waals surface area contributed by atoms with Crippen LogP contribution in [0.1, 0.15) is 16.1 Å². The quantitative estimate of drug-likeness (QED) is 0.603. The molecule has 2 aromatic heterocycles. The summed E-state index contributed by atoms with van der Waals surface area (Å²) in [6.07, 6.45) is 4.86. The maximum atomic E-state index is 12.1. The van der Waals surface area contributed by atoms with Crippen molar-refractivity contribution in [3.63, 3.8) is 0 Å². The van der Waals surface area contributed by atoms with Crippen LogP contribution in [-0.2, 0) is 0 Å². The number of hydrogen-bond acceptors (Lipinski definition) is 2. The number of ketones is 1. The Balaban J connectivity index is 2.43. The Bertz CT molecular complexity index is 545. The van der Waals surface area contributed by atoms with Crippen molar-refractivity contribution >= 4 is 23.6 Å². The van der Waals surface area contributed by atoms with Crippen LogP contribution in [0.25, 0.3) is 6.20 Å². The fourth-order valence-corrected chi connectivity index (χ4v) is 1.61. The average Bonchev–Trinajstić information content (AvgIpc) is 2.76. The van der Waals surface area contributed by atoms with Crippen LogP contribution in [0.3, 0.4) is 0 Å². The molecule has 0 saturated carbocycles. The first kappa shape index (κ1) is 10.6. The number of nitrogens with zero attached hydrogens (tertiary/aromatic N) is 2. The number of hydrogen-bond donors (Lipinski definition) is 0. The first-order valence-corrected chi connectivity index (χ1v) is 5.06. The van der Waals surface area contributed by atoms with E-state index < -0.39 is 0 Å². The molecule has 2 heterocycles. The summed E-state index contributed by atoms with van der Waals surface area (Å²) in [4.78, 5) is 15.9. The summed E-state index contributed by atoms with van der Waals surface area (Å²) in [6.45, 7) is 3.63. The SMILES string of the molecule is C=Cn1cccc1C(=O)c1ccnc(Cl)c1. The van der Waals surface area contributed by atoms with Gasteiger partial charge in [-0.2, -0.15) is 0 Å². The second-order valence-corrected chi connectivity index (χ2v) is 3.57. The Morgan fingerprint density at radius 2 is 2.31 bits per heavy atom. The van der Waals surface area contributed by atoms with Gasteiger partial charge in [-0.1, -0.05) is 18.2 Å². The van der Waals surface area contributed by atoms with Crippen molar-refractivity contribution in [1.82, 2.24) is 9.55 Å². The Labute approximate surface area is 98.0 Å². The van der Waals surface area contributed by atoms with Gasteiger partial charge >= 0.3 is 0 Å². The van der Waals surface area contributed by atoms with Crippen molar-refractivity contribution in [2.75, 3.05) is 0 Å². The van der Waals surface area contributed by atoms with Gasteiger partial charge in [-0.3, -0.25) is 4.79 Å². The molecule has 0 saturated heterocycles. The minimum Gasteiger partial charge on any atom is -0.321 e. The molecule has 16 heavy (non-hydrogen) atoms. The molecular formula is C12H9ClN2O. The highest BCUT2D eigenvalue weighted by atomic mass is 35.5. The third-order valence-corrected chi connectivity index (χ3v) is 2.40. The molecule has 80 valence electrons. The molecule has 3 nitrogen and oxygen atoms in total. The van der Waals surface area contributed by atoms with E-state index in [1.165, 1.54) is 6.20 Å². The lowest BCUT2D eigenvalue weighted by Crippen LogP contribution is -2.06. The van der Waals surface area contributed by atoms with Crippen molar-refractivity contribution in [3.05, 3.63) is 59.6 Å². The smallest absolute Gasteiger partial charge is 0.209 e. The molecule has 0 fully saturated rings. The van der Waals surface area contributed by atoms with E-state index >= 15 is 0 Å². The molecule has 0 bridgehead atoms. The first-order valence-electron chi connectivity index (χ1n) is 4.68. The predicted molar refractivity (Wildman–Crippen MR) is 63.5 cm³/mol. The van der Waals surface area contributed by atoms with E-state index in [-0.39, 0.29) is 5.78 Å². The lowest BCUT2D eigenvalue weighted by atomic mass is 10.1. The van der Waals surface area contributed by atoms with Gasteiger partial charge in [-0.15, -0.1) is 0 Å². The van der Waals surface area contributed by atoms with E-state index in [4.69, 9.17) is 11.6 Å². The molecule has 0 aliphatic heterocycles. The Morgan fingerprint density at radius 1 is 1.50 bits per heavy atom. The predicted octanol–water partition coefficient (Wildman–Crippen LogP) is 2.87. The lowest BCUT2D eigenvalue weighted by molar-refractivity contribution is 0.103. The van der Waals surface area contributed by atoms with Crippen molar-refractivity contribution in [2.24, 2.45) is 0 Å². The number of pyridine rings is 1. The number of carbonyl (C=O) groups is 1. The average molecular weight is 233 g/mol. The zero-order valence-electron chi connectivity index (χ0n) is 8.43. The third-order valence-electron chi connectivity index (χ3n) is 2.20. The van der Waals surface area contributed by atoms with E-state index in [9.17, 15) is 4.79 Å². The highest BCUT2D eigenvalue weighted by Crippen LogP contribution is 2.13. The minimum absolute atomic E-state index is 0.103. The second kappa shape index (κ2) is 4.33. The van der Waals surface area contributed by atoms with Crippen LogP contribution in [0, 0.1) is 0 Å². The summed E-state index contributed by atoms with van der Waals surface area (Å²) in [7, 11) is 0. The molecule has 0 aliphatic carbocycles. The molecule has 0 aromatic carbocycles. The van der Waals surface area contributed by atoms with Crippen molar-refractivity contribution in [1.29, 1.82) is 0 Å². The Morgan fingerprint density at radius 3 is 3.00 bits per heavy atom. The summed E-state index contributed by atoms with van der Waals surface area (Å²) >= 11 is 5.73. The van der Waals surface area contributed by atoms with Crippen molar-refractivity contribution < 1.29 is 4.79 Å². The third kappa shape index (κ3) is 1.90. The van der Waals surface area contributed by atoms with Gasteiger partial charge in [0, 0.05) is 24.2 Å². The fourth-order valence-electron chi connectivity index (χ4n) is 1.44. The normalized spacial score (nSPS) is 10.1. The van der Waals surface area contributed by atoms with Gasteiger partial charge in [0.2, 0.25) is 5.78 Å². The molecule has 2 rings (SSSR count). The number of aromatic nitrogens is 2. The van der Waals surface area contributed by atoms with Crippen molar-refractivity contribution in [2.45, 2.75) is 0 Å². The van der Waals surface area contributed by atoms with E-state index in [2.05, 4.69) is 11.6 Å². The molecule has 0 N–H and O–H groups in total. The van der Waals surface area contributed by atoms with Gasteiger partial charge in [0.25, 0.3) is 0 Å². The van der Waals surface area contributed by atoms with E-state index in [1.54, 1.807) is 41.2 Å². The zero-order valence-corrected chi connectivity index (χ0v) is 9.19. The largest absolute Gasteiger partial charge is 0.321 e. The second-order valence-electron chi connectivity index (χ2n) is 3.18. The zero-order chi connectivity index (χ0) is 11.5. The molecule has 0 aliphatic rings. The number of rotatable bonds is 3. The van der Waals surface area contributed by atoms with Gasteiger partial charge in [-0.25, -0.2) is 4.98 Å². The Hall–Kier alpha value is -1.87. The summed E-state index contributed by atoms with van der Waals surface area (Å²) in [5.74, 6) is -0.103. The lowest BCUT2D eigenvalue weighted by Gasteiger charge is -2.03. The summed E-state index contributed by atoms with van der Waals surface area (Å²) in [5, 5.41) is 0.308. The highest BCUT2D eigenvalue weighted by Gasteiger charge is 2.12. The van der Waals surface area contributed by atoms with Crippen LogP contribution < -0.4 is 0 Å². The summed E-state index contributed by atoms with van der Waals surface area (Å²) in [5.41, 5.74) is 1.07. The molecule has 0 spiro atoms. The van der Waals surface area contributed by atoms with Gasteiger partial charge in [0.15, 0.2) is 0 Å². The number of carbonyl (C=O) groups excluding carboxylic acids is 1. The monoisotopic (exact) mass is 232 g/mol. The topological polar surface area (TPSA) is 34.9 Å². The van der Waals surface area contributed by atoms with Crippen LogP contribution >= 0.6 is 11.6 Å². The minimum atomic E-state index is -0.103. The van der Waals surface area contributed by atoms with Crippen LogP contribution in [0.4, 0.5) is 0 Å². The molecule has 0 radical (unpaired) electrons. The first-order chi connectivity index (χ1) is 7.72.